The predicted molar refractivity (Wildman–Crippen MR) is 64.2 cm³/mol. The van der Waals surface area contributed by atoms with Crippen molar-refractivity contribution in [1.29, 1.82) is 0 Å². The molecule has 0 aliphatic carbocycles. The molecule has 1 atom stereocenters. The summed E-state index contributed by atoms with van der Waals surface area (Å²) in [6.45, 7) is 3.81. The molecule has 4 heteroatoms. The Morgan fingerprint density at radius 3 is 3.14 bits per heavy atom. The molecule has 0 fully saturated rings. The maximum Gasteiger partial charge on any atom is 0.0758 e. The highest BCUT2D eigenvalue weighted by atomic mass is 32.2. The molecule has 0 amide bonds. The molecule has 0 saturated heterocycles. The van der Waals surface area contributed by atoms with Crippen LogP contribution in [0.1, 0.15) is 13.3 Å². The maximum atomic E-state index is 9.60. The first kappa shape index (κ1) is 12.0. The summed E-state index contributed by atoms with van der Waals surface area (Å²) in [6, 6.07) is 4.12. The zero-order valence-electron chi connectivity index (χ0n) is 8.40. The van der Waals surface area contributed by atoms with E-state index in [1.165, 1.54) is 4.21 Å². The first-order chi connectivity index (χ1) is 6.83. The molecule has 0 radical (unpaired) electrons. The SMILES string of the molecule is CCCNCC(O)CSc1cccs1. The molecule has 1 aromatic heterocycles. The Hall–Kier alpha value is -0.0300. The van der Waals surface area contributed by atoms with E-state index in [1.807, 2.05) is 6.07 Å². The molecule has 0 aliphatic rings. The minimum atomic E-state index is -0.242. The standard InChI is InChI=1S/C10H17NOS2/c1-2-5-11-7-9(12)8-14-10-4-3-6-13-10/h3-4,6,9,11-12H,2,5,7-8H2,1H3. The molecular formula is C10H17NOS2. The number of hydrogen-bond acceptors (Lipinski definition) is 4. The molecule has 2 N–H and O–H groups in total. The van der Waals surface area contributed by atoms with Gasteiger partial charge in [-0.3, -0.25) is 0 Å². The number of thioether (sulfide) groups is 1. The number of hydrogen-bond donors (Lipinski definition) is 2. The molecule has 14 heavy (non-hydrogen) atoms. The Morgan fingerprint density at radius 2 is 2.50 bits per heavy atom. The smallest absolute Gasteiger partial charge is 0.0758 e. The maximum absolute atomic E-state index is 9.60. The molecule has 0 saturated carbocycles. The van der Waals surface area contributed by atoms with Crippen LogP contribution in [0.3, 0.4) is 0 Å². The average molecular weight is 231 g/mol. The number of rotatable bonds is 7. The van der Waals surface area contributed by atoms with E-state index in [-0.39, 0.29) is 6.10 Å². The van der Waals surface area contributed by atoms with Gasteiger partial charge in [0.15, 0.2) is 0 Å². The lowest BCUT2D eigenvalue weighted by Gasteiger charge is -2.09. The molecule has 1 unspecified atom stereocenters. The van der Waals surface area contributed by atoms with Gasteiger partial charge in [-0.2, -0.15) is 0 Å². The van der Waals surface area contributed by atoms with Gasteiger partial charge in [0.25, 0.3) is 0 Å². The molecule has 1 aromatic rings. The largest absolute Gasteiger partial charge is 0.391 e. The van der Waals surface area contributed by atoms with Crippen LogP contribution in [0.15, 0.2) is 21.7 Å². The van der Waals surface area contributed by atoms with Gasteiger partial charge in [0.2, 0.25) is 0 Å². The average Bonchev–Trinajstić information content (AvgIpc) is 2.68. The van der Waals surface area contributed by atoms with Crippen molar-refractivity contribution in [3.8, 4) is 0 Å². The van der Waals surface area contributed by atoms with Crippen LogP contribution in [0.5, 0.6) is 0 Å². The lowest BCUT2D eigenvalue weighted by atomic mass is 10.4. The molecule has 0 bridgehead atoms. The highest BCUT2D eigenvalue weighted by Crippen LogP contribution is 2.23. The Labute approximate surface area is 93.7 Å². The fourth-order valence-corrected chi connectivity index (χ4v) is 2.77. The molecule has 0 aliphatic heterocycles. The minimum absolute atomic E-state index is 0.242. The second kappa shape index (κ2) is 7.29. The third-order valence-corrected chi connectivity index (χ3v) is 4.00. The normalized spacial score (nSPS) is 13.0. The number of thiophene rings is 1. The van der Waals surface area contributed by atoms with Crippen molar-refractivity contribution in [2.45, 2.75) is 23.7 Å². The summed E-state index contributed by atoms with van der Waals surface area (Å²) in [7, 11) is 0. The third-order valence-electron chi connectivity index (χ3n) is 1.72. The lowest BCUT2D eigenvalue weighted by molar-refractivity contribution is 0.196. The van der Waals surface area contributed by atoms with Crippen LogP contribution < -0.4 is 5.32 Å². The van der Waals surface area contributed by atoms with Crippen molar-refractivity contribution >= 4 is 23.1 Å². The van der Waals surface area contributed by atoms with Gasteiger partial charge in [0.1, 0.15) is 0 Å². The number of aliphatic hydroxyl groups excluding tert-OH is 1. The molecule has 2 nitrogen and oxygen atoms in total. The topological polar surface area (TPSA) is 32.3 Å². The monoisotopic (exact) mass is 231 g/mol. The number of aliphatic hydroxyl groups is 1. The number of nitrogens with one attached hydrogen (secondary N) is 1. The van der Waals surface area contributed by atoms with Gasteiger partial charge in [0, 0.05) is 12.3 Å². The van der Waals surface area contributed by atoms with Crippen LogP contribution in [0.2, 0.25) is 0 Å². The zero-order chi connectivity index (χ0) is 10.2. The van der Waals surface area contributed by atoms with Gasteiger partial charge in [-0.25, -0.2) is 0 Å². The molecule has 1 heterocycles. The van der Waals surface area contributed by atoms with Gasteiger partial charge in [0.05, 0.1) is 10.3 Å². The van der Waals surface area contributed by atoms with E-state index in [2.05, 4.69) is 23.7 Å². The Morgan fingerprint density at radius 1 is 1.64 bits per heavy atom. The third kappa shape index (κ3) is 5.00. The van der Waals surface area contributed by atoms with Crippen molar-refractivity contribution in [3.63, 3.8) is 0 Å². The summed E-state index contributed by atoms with van der Waals surface area (Å²) in [5.41, 5.74) is 0. The summed E-state index contributed by atoms with van der Waals surface area (Å²) >= 11 is 3.45. The molecule has 1 rings (SSSR count). The van der Waals surface area contributed by atoms with Crippen molar-refractivity contribution in [1.82, 2.24) is 5.32 Å². The first-order valence-corrected chi connectivity index (χ1v) is 6.74. The van der Waals surface area contributed by atoms with E-state index >= 15 is 0 Å². The minimum Gasteiger partial charge on any atom is -0.391 e. The van der Waals surface area contributed by atoms with E-state index in [4.69, 9.17) is 0 Å². The van der Waals surface area contributed by atoms with Gasteiger partial charge in [-0.05, 0) is 24.4 Å². The quantitative estimate of drug-likeness (QED) is 0.557. The molecule has 0 spiro atoms. The van der Waals surface area contributed by atoms with Crippen molar-refractivity contribution in [3.05, 3.63) is 17.5 Å². The van der Waals surface area contributed by atoms with Crippen LogP contribution in [0.25, 0.3) is 0 Å². The van der Waals surface area contributed by atoms with Crippen molar-refractivity contribution in [2.75, 3.05) is 18.8 Å². The highest BCUT2D eigenvalue weighted by Gasteiger charge is 2.04. The first-order valence-electron chi connectivity index (χ1n) is 4.88. The fraction of sp³-hybridized carbons (Fsp3) is 0.600. The Balaban J connectivity index is 2.06. The van der Waals surface area contributed by atoms with E-state index in [1.54, 1.807) is 23.1 Å². The predicted octanol–water partition coefficient (Wildman–Crippen LogP) is 2.20. The lowest BCUT2D eigenvalue weighted by Crippen LogP contribution is -2.28. The Kier molecular flexibility index (Phi) is 6.27. The van der Waals surface area contributed by atoms with Crippen LogP contribution >= 0.6 is 23.1 Å². The van der Waals surface area contributed by atoms with Gasteiger partial charge >= 0.3 is 0 Å². The van der Waals surface area contributed by atoms with Crippen LogP contribution in [-0.4, -0.2) is 30.1 Å². The summed E-state index contributed by atoms with van der Waals surface area (Å²) in [5.74, 6) is 0.775. The summed E-state index contributed by atoms with van der Waals surface area (Å²) < 4.78 is 1.28. The highest BCUT2D eigenvalue weighted by molar-refractivity contribution is 8.01. The Bertz CT molecular complexity index is 226. The molecule has 80 valence electrons. The van der Waals surface area contributed by atoms with Crippen LogP contribution in [-0.2, 0) is 0 Å². The summed E-state index contributed by atoms with van der Waals surface area (Å²) in [4.78, 5) is 0. The van der Waals surface area contributed by atoms with Gasteiger partial charge in [-0.1, -0.05) is 13.0 Å². The van der Waals surface area contributed by atoms with E-state index in [0.717, 1.165) is 18.7 Å². The van der Waals surface area contributed by atoms with Crippen molar-refractivity contribution < 1.29 is 5.11 Å². The van der Waals surface area contributed by atoms with Gasteiger partial charge in [-0.15, -0.1) is 23.1 Å². The fourth-order valence-electron chi connectivity index (χ4n) is 1.03. The van der Waals surface area contributed by atoms with E-state index < -0.39 is 0 Å². The van der Waals surface area contributed by atoms with Crippen molar-refractivity contribution in [2.24, 2.45) is 0 Å². The second-order valence-corrected chi connectivity index (χ2v) is 5.37. The second-order valence-electron chi connectivity index (χ2n) is 3.10. The molecular weight excluding hydrogens is 214 g/mol. The van der Waals surface area contributed by atoms with Crippen LogP contribution in [0.4, 0.5) is 0 Å². The summed E-state index contributed by atoms with van der Waals surface area (Å²) in [6.07, 6.45) is 0.874. The molecule has 0 aromatic carbocycles. The summed E-state index contributed by atoms with van der Waals surface area (Å²) in [5, 5.41) is 14.9. The van der Waals surface area contributed by atoms with E-state index in [0.29, 0.717) is 6.54 Å². The van der Waals surface area contributed by atoms with Crippen LogP contribution in [0, 0.1) is 0 Å². The van der Waals surface area contributed by atoms with Gasteiger partial charge < -0.3 is 10.4 Å². The van der Waals surface area contributed by atoms with E-state index in [9.17, 15) is 5.11 Å². The zero-order valence-corrected chi connectivity index (χ0v) is 10.0.